The van der Waals surface area contributed by atoms with E-state index in [4.69, 9.17) is 27.8 Å². The number of esters is 1. The lowest BCUT2D eigenvalue weighted by molar-refractivity contribution is -0.146. The molecule has 2 aromatic heterocycles. The van der Waals surface area contributed by atoms with Gasteiger partial charge in [-0.05, 0) is 47.7 Å². The van der Waals surface area contributed by atoms with Gasteiger partial charge in [-0.15, -0.1) is 10.2 Å². The van der Waals surface area contributed by atoms with Crippen LogP contribution in [0.25, 0.3) is 22.5 Å². The molecule has 2 aromatic carbocycles. The van der Waals surface area contributed by atoms with Crippen LogP contribution in [0, 0.1) is 0 Å². The molecular formula is C28H35ClN8O2. The number of benzene rings is 2. The second-order valence-electron chi connectivity index (χ2n) is 9.43. The first-order chi connectivity index (χ1) is 19.0. The smallest absolute Gasteiger partial charge is 0.323 e. The number of carbonyl (C=O) groups excluding carboxylic acids is 1. The number of tetrazole rings is 1. The SMILES string of the molecule is CCCCc1nc(Cl)c(COC(=O)[C@H](N)CCCCN)n1Cc1ccc(-c2ccccc2-c2nn[nH]n2)cc1. The minimum atomic E-state index is -0.686. The average molecular weight is 551 g/mol. The molecule has 0 saturated carbocycles. The number of H-pyrrole nitrogens is 1. The van der Waals surface area contributed by atoms with Crippen LogP contribution < -0.4 is 11.5 Å². The van der Waals surface area contributed by atoms with Gasteiger partial charge < -0.3 is 20.8 Å². The van der Waals surface area contributed by atoms with E-state index in [1.165, 1.54) is 0 Å². The number of aryl methyl sites for hydroxylation is 1. The Morgan fingerprint density at radius 2 is 1.87 bits per heavy atom. The molecule has 0 spiro atoms. The molecule has 0 saturated heterocycles. The third-order valence-corrected chi connectivity index (χ3v) is 6.90. The number of nitrogens with one attached hydrogen (secondary N) is 1. The summed E-state index contributed by atoms with van der Waals surface area (Å²) in [7, 11) is 0. The summed E-state index contributed by atoms with van der Waals surface area (Å²) in [6, 6.07) is 15.5. The first kappa shape index (κ1) is 28.4. The first-order valence-electron chi connectivity index (χ1n) is 13.3. The van der Waals surface area contributed by atoms with Gasteiger partial charge in [-0.1, -0.05) is 79.9 Å². The standard InChI is InChI=1S/C28H35ClN8O2/c1-2-3-11-25-32-26(29)24(18-39-28(38)23(31)10-6-7-16-30)37(25)17-19-12-14-20(15-13-19)21-8-4-5-9-22(21)27-33-35-36-34-27/h4-5,8-9,12-15,23H,2-3,6-7,10-11,16-18,30-31H2,1H3,(H,33,34,35,36)/t23-/m1/s1. The number of aromatic nitrogens is 6. The van der Waals surface area contributed by atoms with E-state index in [1.807, 2.05) is 28.8 Å². The Morgan fingerprint density at radius 3 is 2.56 bits per heavy atom. The van der Waals surface area contributed by atoms with Gasteiger partial charge in [0, 0.05) is 18.5 Å². The van der Waals surface area contributed by atoms with E-state index in [-0.39, 0.29) is 6.61 Å². The number of unbranched alkanes of at least 4 members (excludes halogenated alkanes) is 2. The summed E-state index contributed by atoms with van der Waals surface area (Å²) in [4.78, 5) is 17.1. The van der Waals surface area contributed by atoms with Crippen LogP contribution in [-0.2, 0) is 29.1 Å². The molecule has 39 heavy (non-hydrogen) atoms. The number of hydrogen-bond acceptors (Lipinski definition) is 8. The van der Waals surface area contributed by atoms with Crippen molar-refractivity contribution in [2.45, 2.75) is 64.6 Å². The maximum absolute atomic E-state index is 12.5. The maximum atomic E-state index is 12.5. The number of halogens is 1. The minimum absolute atomic E-state index is 0.0114. The van der Waals surface area contributed by atoms with Gasteiger partial charge in [-0.3, -0.25) is 4.79 Å². The topological polar surface area (TPSA) is 151 Å². The van der Waals surface area contributed by atoms with Crippen LogP contribution in [0.3, 0.4) is 0 Å². The number of aromatic amines is 1. The Bertz CT molecular complexity index is 1340. The molecule has 0 fully saturated rings. The predicted octanol–water partition coefficient (Wildman–Crippen LogP) is 4.27. The molecule has 206 valence electrons. The summed E-state index contributed by atoms with van der Waals surface area (Å²) >= 11 is 6.54. The molecule has 1 atom stereocenters. The lowest BCUT2D eigenvalue weighted by Gasteiger charge is -2.15. The zero-order valence-electron chi connectivity index (χ0n) is 22.1. The van der Waals surface area contributed by atoms with Crippen molar-refractivity contribution < 1.29 is 9.53 Å². The molecule has 4 rings (SSSR count). The van der Waals surface area contributed by atoms with E-state index in [0.29, 0.717) is 36.2 Å². The van der Waals surface area contributed by atoms with E-state index in [9.17, 15) is 4.79 Å². The maximum Gasteiger partial charge on any atom is 0.323 e. The Hall–Kier alpha value is -3.60. The molecule has 0 unspecified atom stereocenters. The Morgan fingerprint density at radius 1 is 1.10 bits per heavy atom. The van der Waals surface area contributed by atoms with Crippen molar-refractivity contribution in [2.75, 3.05) is 6.54 Å². The van der Waals surface area contributed by atoms with Gasteiger partial charge in [0.15, 0.2) is 5.15 Å². The third-order valence-electron chi connectivity index (χ3n) is 6.60. The zero-order chi connectivity index (χ0) is 27.6. The summed E-state index contributed by atoms with van der Waals surface area (Å²) in [5.74, 6) is 0.962. The van der Waals surface area contributed by atoms with Crippen LogP contribution in [-0.4, -0.2) is 48.7 Å². The summed E-state index contributed by atoms with van der Waals surface area (Å²) in [6.07, 6.45) is 4.92. The van der Waals surface area contributed by atoms with Crippen molar-refractivity contribution in [1.29, 1.82) is 0 Å². The molecule has 0 aliphatic rings. The van der Waals surface area contributed by atoms with E-state index >= 15 is 0 Å². The largest absolute Gasteiger partial charge is 0.458 e. The quantitative estimate of drug-likeness (QED) is 0.155. The summed E-state index contributed by atoms with van der Waals surface area (Å²) in [5.41, 5.74) is 16.2. The van der Waals surface area contributed by atoms with E-state index < -0.39 is 12.0 Å². The Labute approximate surface area is 233 Å². The fourth-order valence-corrected chi connectivity index (χ4v) is 4.66. The average Bonchev–Trinajstić information content (AvgIpc) is 3.59. The molecule has 4 aromatic rings. The van der Waals surface area contributed by atoms with Crippen LogP contribution >= 0.6 is 11.6 Å². The van der Waals surface area contributed by atoms with Crippen LogP contribution in [0.2, 0.25) is 5.15 Å². The molecule has 5 N–H and O–H groups in total. The molecule has 10 nitrogen and oxygen atoms in total. The fourth-order valence-electron chi connectivity index (χ4n) is 4.41. The molecular weight excluding hydrogens is 516 g/mol. The van der Waals surface area contributed by atoms with Crippen molar-refractivity contribution in [1.82, 2.24) is 30.2 Å². The van der Waals surface area contributed by atoms with Gasteiger partial charge >= 0.3 is 5.97 Å². The third kappa shape index (κ3) is 7.29. The van der Waals surface area contributed by atoms with E-state index in [1.54, 1.807) is 0 Å². The number of imidazole rings is 1. The molecule has 2 heterocycles. The van der Waals surface area contributed by atoms with Crippen molar-refractivity contribution in [3.8, 4) is 22.5 Å². The highest BCUT2D eigenvalue weighted by molar-refractivity contribution is 6.30. The Kier molecular flexibility index (Phi) is 10.2. The molecule has 0 radical (unpaired) electrons. The summed E-state index contributed by atoms with van der Waals surface area (Å²) in [5, 5.41) is 14.8. The van der Waals surface area contributed by atoms with Gasteiger partial charge in [0.05, 0.1) is 5.69 Å². The fraction of sp³-hybridized carbons (Fsp3) is 0.393. The first-order valence-corrected chi connectivity index (χ1v) is 13.7. The van der Waals surface area contributed by atoms with Crippen molar-refractivity contribution in [2.24, 2.45) is 11.5 Å². The predicted molar refractivity (Wildman–Crippen MR) is 151 cm³/mol. The highest BCUT2D eigenvalue weighted by atomic mass is 35.5. The second kappa shape index (κ2) is 14.0. The molecule has 0 aliphatic heterocycles. The van der Waals surface area contributed by atoms with Crippen LogP contribution in [0.1, 0.15) is 56.1 Å². The number of nitrogens with zero attached hydrogens (tertiary/aromatic N) is 5. The van der Waals surface area contributed by atoms with E-state index in [2.05, 4.69) is 56.8 Å². The Balaban J connectivity index is 1.53. The zero-order valence-corrected chi connectivity index (χ0v) is 22.9. The summed E-state index contributed by atoms with van der Waals surface area (Å²) in [6.45, 7) is 3.26. The number of hydrogen-bond donors (Lipinski definition) is 3. The lowest BCUT2D eigenvalue weighted by atomic mass is 9.98. The highest BCUT2D eigenvalue weighted by Crippen LogP contribution is 2.30. The van der Waals surface area contributed by atoms with Gasteiger partial charge in [-0.25, -0.2) is 4.98 Å². The summed E-state index contributed by atoms with van der Waals surface area (Å²) < 4.78 is 7.61. The van der Waals surface area contributed by atoms with Gasteiger partial charge in [-0.2, -0.15) is 5.21 Å². The molecule has 0 amide bonds. The van der Waals surface area contributed by atoms with Gasteiger partial charge in [0.1, 0.15) is 18.5 Å². The molecule has 0 aliphatic carbocycles. The van der Waals surface area contributed by atoms with Crippen LogP contribution in [0.15, 0.2) is 48.5 Å². The van der Waals surface area contributed by atoms with Crippen LogP contribution in [0.5, 0.6) is 0 Å². The van der Waals surface area contributed by atoms with Crippen molar-refractivity contribution in [3.63, 3.8) is 0 Å². The van der Waals surface area contributed by atoms with Crippen molar-refractivity contribution >= 4 is 17.6 Å². The number of ether oxygens (including phenoxy) is 1. The highest BCUT2D eigenvalue weighted by Gasteiger charge is 2.20. The molecule has 0 bridgehead atoms. The minimum Gasteiger partial charge on any atom is -0.458 e. The monoisotopic (exact) mass is 550 g/mol. The number of carbonyl (C=O) groups is 1. The number of nitrogens with two attached hydrogens (primary N) is 2. The van der Waals surface area contributed by atoms with Crippen LogP contribution in [0.4, 0.5) is 0 Å². The van der Waals surface area contributed by atoms with E-state index in [0.717, 1.165) is 60.2 Å². The number of rotatable bonds is 14. The van der Waals surface area contributed by atoms with Gasteiger partial charge in [0.2, 0.25) is 5.82 Å². The normalized spacial score (nSPS) is 12.0. The molecule has 11 heteroatoms. The lowest BCUT2D eigenvalue weighted by Crippen LogP contribution is -2.32. The van der Waals surface area contributed by atoms with Gasteiger partial charge in [0.25, 0.3) is 0 Å². The second-order valence-corrected chi connectivity index (χ2v) is 9.79. The van der Waals surface area contributed by atoms with Crippen molar-refractivity contribution in [3.05, 3.63) is 70.8 Å².